The highest BCUT2D eigenvalue weighted by molar-refractivity contribution is 9.10. The maximum atomic E-state index is 3.54. The zero-order chi connectivity index (χ0) is 14.7. The van der Waals surface area contributed by atoms with E-state index in [2.05, 4.69) is 75.7 Å². The quantitative estimate of drug-likeness (QED) is 0.909. The van der Waals surface area contributed by atoms with Crippen LogP contribution in [-0.2, 0) is 26.1 Å². The van der Waals surface area contributed by atoms with Crippen molar-refractivity contribution in [3.63, 3.8) is 0 Å². The first-order chi connectivity index (χ1) is 10.2. The molecule has 0 bridgehead atoms. The summed E-state index contributed by atoms with van der Waals surface area (Å²) < 4.78 is 1.15. The zero-order valence-electron chi connectivity index (χ0n) is 12.4. The first kappa shape index (κ1) is 14.8. The normalized spacial score (nSPS) is 14.2. The van der Waals surface area contributed by atoms with E-state index in [1.165, 1.54) is 16.7 Å². The minimum Gasteiger partial charge on any atom is -0.312 e. The van der Waals surface area contributed by atoms with Crippen molar-refractivity contribution in [3.05, 3.63) is 69.2 Å². The van der Waals surface area contributed by atoms with Crippen molar-refractivity contribution in [1.29, 1.82) is 0 Å². The molecule has 21 heavy (non-hydrogen) atoms. The van der Waals surface area contributed by atoms with Gasteiger partial charge in [-0.15, -0.1) is 0 Å². The van der Waals surface area contributed by atoms with Crippen LogP contribution in [0.25, 0.3) is 0 Å². The largest absolute Gasteiger partial charge is 0.312 e. The molecular formula is C18H21BrN2. The average molecular weight is 345 g/mol. The molecule has 0 unspecified atom stereocenters. The lowest BCUT2D eigenvalue weighted by Crippen LogP contribution is -2.26. The predicted molar refractivity (Wildman–Crippen MR) is 91.2 cm³/mol. The van der Waals surface area contributed by atoms with Crippen LogP contribution in [0, 0.1) is 0 Å². The van der Waals surface area contributed by atoms with E-state index in [1.54, 1.807) is 5.56 Å². The molecule has 0 atom stereocenters. The molecule has 0 amide bonds. The number of rotatable bonds is 4. The Morgan fingerprint density at radius 1 is 1.14 bits per heavy atom. The number of hydrogen-bond donors (Lipinski definition) is 1. The molecule has 0 aliphatic carbocycles. The molecule has 2 aromatic carbocycles. The zero-order valence-corrected chi connectivity index (χ0v) is 14.0. The smallest absolute Gasteiger partial charge is 0.0237 e. The number of benzene rings is 2. The summed E-state index contributed by atoms with van der Waals surface area (Å²) >= 11 is 3.54. The van der Waals surface area contributed by atoms with Gasteiger partial charge in [-0.1, -0.05) is 46.3 Å². The topological polar surface area (TPSA) is 15.3 Å². The maximum absolute atomic E-state index is 3.54. The van der Waals surface area contributed by atoms with Gasteiger partial charge < -0.3 is 5.32 Å². The van der Waals surface area contributed by atoms with Crippen molar-refractivity contribution in [1.82, 2.24) is 10.2 Å². The Bertz CT molecular complexity index is 624. The molecule has 3 heteroatoms. The van der Waals surface area contributed by atoms with Gasteiger partial charge in [0.05, 0.1) is 0 Å². The maximum Gasteiger partial charge on any atom is 0.0237 e. The molecule has 2 nitrogen and oxygen atoms in total. The van der Waals surface area contributed by atoms with Crippen LogP contribution >= 0.6 is 15.9 Å². The van der Waals surface area contributed by atoms with E-state index in [0.717, 1.165) is 37.1 Å². The lowest BCUT2D eigenvalue weighted by molar-refractivity contribution is 0.317. The highest BCUT2D eigenvalue weighted by atomic mass is 79.9. The van der Waals surface area contributed by atoms with Crippen molar-refractivity contribution >= 4 is 15.9 Å². The standard InChI is InChI=1S/C18H21BrN2/c1-21(12-14-4-2-7-17(19)10-14)13-16-6-3-5-15-11-20-9-8-18(15)16/h2-7,10,20H,8-9,11-13H2,1H3. The van der Waals surface area contributed by atoms with Crippen LogP contribution in [0.4, 0.5) is 0 Å². The lowest BCUT2D eigenvalue weighted by Gasteiger charge is -2.23. The van der Waals surface area contributed by atoms with Crippen molar-refractivity contribution in [2.45, 2.75) is 26.1 Å². The molecule has 110 valence electrons. The minimum atomic E-state index is 0.974. The minimum absolute atomic E-state index is 0.974. The van der Waals surface area contributed by atoms with Gasteiger partial charge >= 0.3 is 0 Å². The molecule has 0 fully saturated rings. The van der Waals surface area contributed by atoms with E-state index in [-0.39, 0.29) is 0 Å². The molecule has 0 saturated carbocycles. The predicted octanol–water partition coefficient (Wildman–Crippen LogP) is 3.73. The van der Waals surface area contributed by atoms with Crippen LogP contribution in [0.3, 0.4) is 0 Å². The fraction of sp³-hybridized carbons (Fsp3) is 0.333. The summed E-state index contributed by atoms with van der Waals surface area (Å²) in [6, 6.07) is 15.3. The lowest BCUT2D eigenvalue weighted by atomic mass is 9.95. The van der Waals surface area contributed by atoms with Gasteiger partial charge in [0, 0.05) is 24.1 Å². The molecule has 0 saturated heterocycles. The number of fused-ring (bicyclic) bond motifs is 1. The molecule has 1 N–H and O–H groups in total. The summed E-state index contributed by atoms with van der Waals surface area (Å²) in [6.45, 7) is 4.09. The fourth-order valence-electron chi connectivity index (χ4n) is 3.05. The molecular weight excluding hydrogens is 324 g/mol. The van der Waals surface area contributed by atoms with Gasteiger partial charge in [-0.05, 0) is 54.4 Å². The molecule has 1 aliphatic rings. The van der Waals surface area contributed by atoms with Gasteiger partial charge in [0.1, 0.15) is 0 Å². The van der Waals surface area contributed by atoms with Crippen LogP contribution in [0.1, 0.15) is 22.3 Å². The molecule has 1 aliphatic heterocycles. The highest BCUT2D eigenvalue weighted by Crippen LogP contribution is 2.21. The third kappa shape index (κ3) is 3.73. The molecule has 0 spiro atoms. The molecule has 0 aromatic heterocycles. The highest BCUT2D eigenvalue weighted by Gasteiger charge is 2.13. The first-order valence-electron chi connectivity index (χ1n) is 7.46. The van der Waals surface area contributed by atoms with E-state index in [1.807, 2.05) is 0 Å². The second-order valence-electron chi connectivity index (χ2n) is 5.78. The van der Waals surface area contributed by atoms with Crippen molar-refractivity contribution in [2.75, 3.05) is 13.6 Å². The summed E-state index contributed by atoms with van der Waals surface area (Å²) in [5.41, 5.74) is 5.84. The van der Waals surface area contributed by atoms with Gasteiger partial charge in [0.2, 0.25) is 0 Å². The third-order valence-electron chi connectivity index (χ3n) is 4.02. The van der Waals surface area contributed by atoms with Crippen molar-refractivity contribution in [2.24, 2.45) is 0 Å². The van der Waals surface area contributed by atoms with E-state index in [9.17, 15) is 0 Å². The number of hydrogen-bond acceptors (Lipinski definition) is 2. The summed E-state index contributed by atoms with van der Waals surface area (Å²) in [4.78, 5) is 2.39. The monoisotopic (exact) mass is 344 g/mol. The summed E-state index contributed by atoms with van der Waals surface area (Å²) in [5.74, 6) is 0. The van der Waals surface area contributed by atoms with Crippen LogP contribution in [0.5, 0.6) is 0 Å². The van der Waals surface area contributed by atoms with E-state index in [4.69, 9.17) is 0 Å². The van der Waals surface area contributed by atoms with Gasteiger partial charge in [0.15, 0.2) is 0 Å². The van der Waals surface area contributed by atoms with E-state index < -0.39 is 0 Å². The van der Waals surface area contributed by atoms with Gasteiger partial charge in [-0.2, -0.15) is 0 Å². The Morgan fingerprint density at radius 3 is 2.86 bits per heavy atom. The van der Waals surface area contributed by atoms with Crippen molar-refractivity contribution < 1.29 is 0 Å². The van der Waals surface area contributed by atoms with Crippen LogP contribution in [0.2, 0.25) is 0 Å². The van der Waals surface area contributed by atoms with Gasteiger partial charge in [-0.25, -0.2) is 0 Å². The van der Waals surface area contributed by atoms with Crippen LogP contribution < -0.4 is 5.32 Å². The SMILES string of the molecule is CN(Cc1cccc(Br)c1)Cc1cccc2c1CCNC2. The van der Waals surface area contributed by atoms with Gasteiger partial charge in [0.25, 0.3) is 0 Å². The van der Waals surface area contributed by atoms with Crippen LogP contribution in [0.15, 0.2) is 46.9 Å². The molecule has 3 rings (SSSR count). The Hall–Kier alpha value is -1.16. The van der Waals surface area contributed by atoms with Crippen molar-refractivity contribution in [3.8, 4) is 0 Å². The molecule has 2 aromatic rings. The number of nitrogens with zero attached hydrogens (tertiary/aromatic N) is 1. The summed E-state index contributed by atoms with van der Waals surface area (Å²) in [7, 11) is 2.20. The Labute approximate surface area is 135 Å². The summed E-state index contributed by atoms with van der Waals surface area (Å²) in [5, 5.41) is 3.45. The van der Waals surface area contributed by atoms with Gasteiger partial charge in [-0.3, -0.25) is 4.90 Å². The third-order valence-corrected chi connectivity index (χ3v) is 4.51. The summed E-state index contributed by atoms with van der Waals surface area (Å²) in [6.07, 6.45) is 1.15. The Balaban J connectivity index is 1.71. The Morgan fingerprint density at radius 2 is 2.00 bits per heavy atom. The first-order valence-corrected chi connectivity index (χ1v) is 8.25. The van der Waals surface area contributed by atoms with Crippen LogP contribution in [-0.4, -0.2) is 18.5 Å². The molecule has 0 radical (unpaired) electrons. The number of halogens is 1. The fourth-order valence-corrected chi connectivity index (χ4v) is 3.50. The van der Waals surface area contributed by atoms with E-state index >= 15 is 0 Å². The second kappa shape index (κ2) is 6.73. The number of nitrogens with one attached hydrogen (secondary N) is 1. The Kier molecular flexibility index (Phi) is 4.73. The molecule has 1 heterocycles. The second-order valence-corrected chi connectivity index (χ2v) is 6.70. The average Bonchev–Trinajstić information content (AvgIpc) is 2.47. The van der Waals surface area contributed by atoms with E-state index in [0.29, 0.717) is 0 Å².